The summed E-state index contributed by atoms with van der Waals surface area (Å²) in [7, 11) is 0. The Bertz CT molecular complexity index is 703. The maximum atomic E-state index is 13.4. The summed E-state index contributed by atoms with van der Waals surface area (Å²) in [6.45, 7) is 8.54. The highest BCUT2D eigenvalue weighted by molar-refractivity contribution is 5.49. The van der Waals surface area contributed by atoms with E-state index >= 15 is 0 Å². The zero-order valence-corrected chi connectivity index (χ0v) is 15.5. The summed E-state index contributed by atoms with van der Waals surface area (Å²) in [5, 5.41) is 0. The fraction of sp³-hybridized carbons (Fsp3) is 0.455. The molecular formula is C22H29FN2. The Morgan fingerprint density at radius 3 is 2.44 bits per heavy atom. The van der Waals surface area contributed by atoms with Crippen LogP contribution in [0.25, 0.3) is 0 Å². The fourth-order valence-corrected chi connectivity index (χ4v) is 3.77. The molecule has 0 aromatic heterocycles. The number of hydrogen-bond acceptors (Lipinski definition) is 2. The van der Waals surface area contributed by atoms with E-state index in [9.17, 15) is 4.39 Å². The van der Waals surface area contributed by atoms with Crippen LogP contribution in [0.1, 0.15) is 38.3 Å². The third kappa shape index (κ3) is 4.60. The molecule has 2 N–H and O–H groups in total. The van der Waals surface area contributed by atoms with Gasteiger partial charge in [-0.05, 0) is 59.6 Å². The van der Waals surface area contributed by atoms with Gasteiger partial charge in [-0.25, -0.2) is 4.39 Å². The van der Waals surface area contributed by atoms with E-state index in [1.54, 1.807) is 12.1 Å². The number of piperidine rings is 1. The van der Waals surface area contributed by atoms with Crippen molar-refractivity contribution in [2.75, 3.05) is 18.0 Å². The molecule has 0 spiro atoms. The van der Waals surface area contributed by atoms with Gasteiger partial charge in [0.05, 0.1) is 0 Å². The Morgan fingerprint density at radius 1 is 1.08 bits per heavy atom. The molecule has 1 saturated heterocycles. The van der Waals surface area contributed by atoms with E-state index in [-0.39, 0.29) is 17.3 Å². The van der Waals surface area contributed by atoms with Gasteiger partial charge in [0.2, 0.25) is 0 Å². The summed E-state index contributed by atoms with van der Waals surface area (Å²) in [6.07, 6.45) is 1.87. The topological polar surface area (TPSA) is 29.3 Å². The lowest BCUT2D eigenvalue weighted by Gasteiger charge is -2.38. The summed E-state index contributed by atoms with van der Waals surface area (Å²) in [5.74, 6) is 0.292. The number of benzene rings is 2. The summed E-state index contributed by atoms with van der Waals surface area (Å²) < 4.78 is 13.4. The van der Waals surface area contributed by atoms with E-state index in [1.807, 2.05) is 6.07 Å². The maximum Gasteiger partial charge on any atom is 0.123 e. The van der Waals surface area contributed by atoms with Crippen molar-refractivity contribution in [2.45, 2.75) is 45.1 Å². The van der Waals surface area contributed by atoms with Crippen LogP contribution in [0.4, 0.5) is 10.1 Å². The molecule has 0 radical (unpaired) electrons. The first-order chi connectivity index (χ1) is 11.8. The quantitative estimate of drug-likeness (QED) is 0.890. The molecule has 2 aromatic rings. The van der Waals surface area contributed by atoms with Gasteiger partial charge in [0, 0.05) is 24.8 Å². The van der Waals surface area contributed by atoms with Crippen molar-refractivity contribution in [1.82, 2.24) is 0 Å². The minimum atomic E-state index is -0.160. The molecule has 1 aliphatic heterocycles. The molecule has 1 aliphatic rings. The summed E-state index contributed by atoms with van der Waals surface area (Å²) >= 11 is 0. The van der Waals surface area contributed by atoms with Gasteiger partial charge in [-0.2, -0.15) is 0 Å². The van der Waals surface area contributed by atoms with Crippen molar-refractivity contribution in [3.63, 3.8) is 0 Å². The molecule has 2 aromatic carbocycles. The number of halogens is 1. The van der Waals surface area contributed by atoms with Crippen LogP contribution in [-0.4, -0.2) is 19.1 Å². The molecule has 0 bridgehead atoms. The molecule has 25 heavy (non-hydrogen) atoms. The van der Waals surface area contributed by atoms with Crippen LogP contribution < -0.4 is 10.6 Å². The summed E-state index contributed by atoms with van der Waals surface area (Å²) in [5.41, 5.74) is 10.1. The lowest BCUT2D eigenvalue weighted by molar-refractivity contribution is 0.374. The predicted molar refractivity (Wildman–Crippen MR) is 104 cm³/mol. The minimum Gasteiger partial charge on any atom is -0.370 e. The van der Waals surface area contributed by atoms with Gasteiger partial charge in [-0.1, -0.05) is 45.0 Å². The van der Waals surface area contributed by atoms with Crippen molar-refractivity contribution in [2.24, 2.45) is 11.7 Å². The molecule has 0 aliphatic carbocycles. The highest BCUT2D eigenvalue weighted by atomic mass is 19.1. The van der Waals surface area contributed by atoms with Gasteiger partial charge in [-0.3, -0.25) is 0 Å². The normalized spacial score (nSPS) is 21.4. The second-order valence-electron chi connectivity index (χ2n) is 8.40. The van der Waals surface area contributed by atoms with Crippen molar-refractivity contribution in [3.05, 3.63) is 65.5 Å². The van der Waals surface area contributed by atoms with Crippen molar-refractivity contribution >= 4 is 5.69 Å². The highest BCUT2D eigenvalue weighted by Crippen LogP contribution is 2.28. The largest absolute Gasteiger partial charge is 0.370 e. The van der Waals surface area contributed by atoms with Crippen molar-refractivity contribution in [3.8, 4) is 0 Å². The van der Waals surface area contributed by atoms with Crippen LogP contribution in [0.15, 0.2) is 48.5 Å². The number of nitrogens with two attached hydrogens (primary N) is 1. The van der Waals surface area contributed by atoms with Gasteiger partial charge in [0.1, 0.15) is 5.82 Å². The first-order valence-electron chi connectivity index (χ1n) is 9.17. The van der Waals surface area contributed by atoms with Gasteiger partial charge in [0.25, 0.3) is 0 Å². The Labute approximate surface area is 150 Å². The smallest absolute Gasteiger partial charge is 0.123 e. The van der Waals surface area contributed by atoms with Gasteiger partial charge in [-0.15, -0.1) is 0 Å². The standard InChI is InChI=1S/C22H29FN2/c1-22(2,3)18-7-9-21(10-8-18)25-14-17(13-20(24)15-25)11-16-5-4-6-19(23)12-16/h4-10,12,17,20H,11,13-15,24H2,1-3H3. The summed E-state index contributed by atoms with van der Waals surface area (Å²) in [6, 6.07) is 15.9. The van der Waals surface area contributed by atoms with Crippen molar-refractivity contribution < 1.29 is 4.39 Å². The van der Waals surface area contributed by atoms with Crippen LogP contribution in [0.3, 0.4) is 0 Å². The first kappa shape index (κ1) is 17.9. The molecule has 1 fully saturated rings. The van der Waals surface area contributed by atoms with Crippen LogP contribution in [0, 0.1) is 11.7 Å². The Hall–Kier alpha value is -1.87. The van der Waals surface area contributed by atoms with E-state index < -0.39 is 0 Å². The van der Waals surface area contributed by atoms with E-state index in [2.05, 4.69) is 49.9 Å². The zero-order chi connectivity index (χ0) is 18.0. The Balaban J connectivity index is 1.72. The predicted octanol–water partition coefficient (Wildman–Crippen LogP) is 4.52. The molecular weight excluding hydrogens is 311 g/mol. The molecule has 0 saturated carbocycles. The number of hydrogen-bond donors (Lipinski definition) is 1. The van der Waals surface area contributed by atoms with Crippen LogP contribution in [0.2, 0.25) is 0 Å². The van der Waals surface area contributed by atoms with Crippen LogP contribution in [-0.2, 0) is 11.8 Å². The number of rotatable bonds is 3. The molecule has 1 heterocycles. The Morgan fingerprint density at radius 2 is 1.80 bits per heavy atom. The average Bonchev–Trinajstić information content (AvgIpc) is 2.53. The van der Waals surface area contributed by atoms with Gasteiger partial charge < -0.3 is 10.6 Å². The average molecular weight is 340 g/mol. The van der Waals surface area contributed by atoms with Crippen LogP contribution >= 0.6 is 0 Å². The SMILES string of the molecule is CC(C)(C)c1ccc(N2CC(N)CC(Cc3cccc(F)c3)C2)cc1. The Kier molecular flexibility index (Phi) is 5.14. The zero-order valence-electron chi connectivity index (χ0n) is 15.5. The minimum absolute atomic E-state index is 0.160. The van der Waals surface area contributed by atoms with E-state index in [1.165, 1.54) is 17.3 Å². The van der Waals surface area contributed by atoms with Crippen LogP contribution in [0.5, 0.6) is 0 Å². The van der Waals surface area contributed by atoms with E-state index in [4.69, 9.17) is 5.73 Å². The second-order valence-corrected chi connectivity index (χ2v) is 8.40. The third-order valence-electron chi connectivity index (χ3n) is 5.08. The summed E-state index contributed by atoms with van der Waals surface area (Å²) in [4.78, 5) is 2.38. The maximum absolute atomic E-state index is 13.4. The molecule has 3 heteroatoms. The number of anilines is 1. The second kappa shape index (κ2) is 7.17. The van der Waals surface area contributed by atoms with E-state index in [0.717, 1.165) is 31.5 Å². The molecule has 3 rings (SSSR count). The lowest BCUT2D eigenvalue weighted by atomic mass is 9.86. The molecule has 134 valence electrons. The van der Waals surface area contributed by atoms with E-state index in [0.29, 0.717) is 5.92 Å². The van der Waals surface area contributed by atoms with Crippen molar-refractivity contribution in [1.29, 1.82) is 0 Å². The molecule has 0 amide bonds. The first-order valence-corrected chi connectivity index (χ1v) is 9.17. The lowest BCUT2D eigenvalue weighted by Crippen LogP contribution is -2.47. The van der Waals surface area contributed by atoms with Gasteiger partial charge >= 0.3 is 0 Å². The monoisotopic (exact) mass is 340 g/mol. The molecule has 2 atom stereocenters. The fourth-order valence-electron chi connectivity index (χ4n) is 3.77. The molecule has 2 unspecified atom stereocenters. The number of nitrogens with zero attached hydrogens (tertiary/aromatic N) is 1. The van der Waals surface area contributed by atoms with Gasteiger partial charge in [0.15, 0.2) is 0 Å². The third-order valence-corrected chi connectivity index (χ3v) is 5.08. The molecule has 2 nitrogen and oxygen atoms in total. The highest BCUT2D eigenvalue weighted by Gasteiger charge is 2.26.